The summed E-state index contributed by atoms with van der Waals surface area (Å²) in [5, 5.41) is 3.31. The van der Waals surface area contributed by atoms with Gasteiger partial charge in [-0.2, -0.15) is 0 Å². The lowest BCUT2D eigenvalue weighted by Crippen LogP contribution is -2.13. The van der Waals surface area contributed by atoms with Crippen molar-refractivity contribution in [1.29, 1.82) is 0 Å². The molecule has 0 aliphatic heterocycles. The van der Waals surface area contributed by atoms with Crippen LogP contribution < -0.4 is 10.2 Å². The maximum absolute atomic E-state index is 13.0. The summed E-state index contributed by atoms with van der Waals surface area (Å²) in [6.45, 7) is 3.88. The van der Waals surface area contributed by atoms with E-state index in [1.165, 1.54) is 17.7 Å². The number of nitrogens with one attached hydrogen (secondary N) is 1. The van der Waals surface area contributed by atoms with Crippen molar-refractivity contribution in [3.8, 4) is 0 Å². The number of nitrogens with zero attached hydrogens (tertiary/aromatic N) is 1. The van der Waals surface area contributed by atoms with Crippen LogP contribution in [0.1, 0.15) is 12.5 Å². The molecule has 0 bridgehead atoms. The Morgan fingerprint density at radius 3 is 2.35 bits per heavy atom. The zero-order chi connectivity index (χ0) is 14.5. The van der Waals surface area contributed by atoms with Crippen LogP contribution in [0.15, 0.2) is 46.9 Å². The molecule has 1 N–H and O–H groups in total. The maximum atomic E-state index is 13.0. The van der Waals surface area contributed by atoms with E-state index in [1.54, 1.807) is 12.1 Å². The van der Waals surface area contributed by atoms with E-state index in [4.69, 9.17) is 0 Å². The van der Waals surface area contributed by atoms with Crippen molar-refractivity contribution in [3.05, 3.63) is 58.3 Å². The van der Waals surface area contributed by atoms with Crippen LogP contribution in [-0.2, 0) is 6.54 Å². The molecule has 0 fully saturated rings. The summed E-state index contributed by atoms with van der Waals surface area (Å²) in [5.74, 6) is -0.218. The van der Waals surface area contributed by atoms with Crippen LogP contribution in [-0.4, -0.2) is 13.6 Å². The van der Waals surface area contributed by atoms with Crippen molar-refractivity contribution in [3.63, 3.8) is 0 Å². The van der Waals surface area contributed by atoms with Gasteiger partial charge in [0, 0.05) is 29.4 Å². The lowest BCUT2D eigenvalue weighted by molar-refractivity contribution is 0.628. The first kappa shape index (κ1) is 15.0. The van der Waals surface area contributed by atoms with Gasteiger partial charge in [0.1, 0.15) is 5.82 Å². The predicted molar refractivity (Wildman–Crippen MR) is 86.0 cm³/mol. The topological polar surface area (TPSA) is 15.3 Å². The minimum Gasteiger partial charge on any atom is -0.345 e. The molecule has 0 radical (unpaired) electrons. The zero-order valence-corrected chi connectivity index (χ0v) is 13.2. The van der Waals surface area contributed by atoms with E-state index >= 15 is 0 Å². The summed E-state index contributed by atoms with van der Waals surface area (Å²) >= 11 is 3.60. The molecule has 0 aliphatic rings. The van der Waals surface area contributed by atoms with Crippen molar-refractivity contribution in [2.75, 3.05) is 18.5 Å². The van der Waals surface area contributed by atoms with Crippen molar-refractivity contribution < 1.29 is 4.39 Å². The SMILES string of the molecule is CCNCc1ccc(N(C)c2ccc(F)cc2)cc1Br. The summed E-state index contributed by atoms with van der Waals surface area (Å²) in [6, 6.07) is 12.7. The highest BCUT2D eigenvalue weighted by molar-refractivity contribution is 9.10. The van der Waals surface area contributed by atoms with Gasteiger partial charge in [-0.3, -0.25) is 0 Å². The van der Waals surface area contributed by atoms with Gasteiger partial charge < -0.3 is 10.2 Å². The van der Waals surface area contributed by atoms with Gasteiger partial charge in [-0.25, -0.2) is 4.39 Å². The highest BCUT2D eigenvalue weighted by Crippen LogP contribution is 2.28. The molecule has 2 rings (SSSR count). The predicted octanol–water partition coefficient (Wildman–Crippen LogP) is 4.47. The maximum Gasteiger partial charge on any atom is 0.123 e. The van der Waals surface area contributed by atoms with Gasteiger partial charge in [0.2, 0.25) is 0 Å². The van der Waals surface area contributed by atoms with Crippen molar-refractivity contribution in [2.45, 2.75) is 13.5 Å². The fourth-order valence-electron chi connectivity index (χ4n) is 1.96. The number of hydrogen-bond donors (Lipinski definition) is 1. The fourth-order valence-corrected chi connectivity index (χ4v) is 2.47. The quantitative estimate of drug-likeness (QED) is 0.866. The first-order valence-corrected chi connectivity index (χ1v) is 7.39. The van der Waals surface area contributed by atoms with E-state index in [9.17, 15) is 4.39 Å². The molecule has 0 amide bonds. The molecule has 0 atom stereocenters. The molecule has 20 heavy (non-hydrogen) atoms. The van der Waals surface area contributed by atoms with Gasteiger partial charge in [0.15, 0.2) is 0 Å². The highest BCUT2D eigenvalue weighted by Gasteiger charge is 2.07. The molecule has 2 aromatic carbocycles. The molecule has 0 aromatic heterocycles. The Morgan fingerprint density at radius 1 is 1.10 bits per heavy atom. The van der Waals surface area contributed by atoms with Crippen LogP contribution in [0, 0.1) is 5.82 Å². The highest BCUT2D eigenvalue weighted by atomic mass is 79.9. The molecular weight excluding hydrogens is 319 g/mol. The smallest absolute Gasteiger partial charge is 0.123 e. The largest absolute Gasteiger partial charge is 0.345 e. The molecule has 106 valence electrons. The number of hydrogen-bond acceptors (Lipinski definition) is 2. The average Bonchev–Trinajstić information content (AvgIpc) is 2.46. The average molecular weight is 337 g/mol. The van der Waals surface area contributed by atoms with Gasteiger partial charge in [-0.15, -0.1) is 0 Å². The van der Waals surface area contributed by atoms with E-state index in [0.29, 0.717) is 0 Å². The molecule has 0 saturated heterocycles. The molecular formula is C16H18BrFN2. The molecule has 2 aromatic rings. The zero-order valence-electron chi connectivity index (χ0n) is 11.7. The standard InChI is InChI=1S/C16H18BrFN2/c1-3-19-11-12-4-7-15(10-16(12)17)20(2)14-8-5-13(18)6-9-14/h4-10,19H,3,11H2,1-2H3. The first-order valence-electron chi connectivity index (χ1n) is 6.60. The second-order valence-corrected chi connectivity index (χ2v) is 5.45. The number of halogens is 2. The number of rotatable bonds is 5. The van der Waals surface area contributed by atoms with Crippen LogP contribution in [0.3, 0.4) is 0 Å². The molecule has 0 spiro atoms. The summed E-state index contributed by atoms with van der Waals surface area (Å²) in [5.41, 5.74) is 3.24. The van der Waals surface area contributed by atoms with Crippen molar-refractivity contribution in [2.24, 2.45) is 0 Å². The number of anilines is 2. The lowest BCUT2D eigenvalue weighted by Gasteiger charge is -2.20. The van der Waals surface area contributed by atoms with E-state index in [2.05, 4.69) is 46.4 Å². The number of benzene rings is 2. The second-order valence-electron chi connectivity index (χ2n) is 4.59. The van der Waals surface area contributed by atoms with Crippen LogP contribution in [0.5, 0.6) is 0 Å². The van der Waals surface area contributed by atoms with E-state index in [-0.39, 0.29) is 5.82 Å². The Labute approximate surface area is 127 Å². The summed E-state index contributed by atoms with van der Waals surface area (Å²) in [6.07, 6.45) is 0. The van der Waals surface area contributed by atoms with Gasteiger partial charge >= 0.3 is 0 Å². The summed E-state index contributed by atoms with van der Waals surface area (Å²) < 4.78 is 14.0. The third kappa shape index (κ3) is 3.58. The van der Waals surface area contributed by atoms with Gasteiger partial charge in [0.25, 0.3) is 0 Å². The minimum atomic E-state index is -0.218. The van der Waals surface area contributed by atoms with E-state index in [0.717, 1.165) is 28.9 Å². The molecule has 0 aliphatic carbocycles. The third-order valence-electron chi connectivity index (χ3n) is 3.20. The molecule has 0 unspecified atom stereocenters. The Hall–Kier alpha value is -1.39. The van der Waals surface area contributed by atoms with Gasteiger partial charge in [-0.05, 0) is 48.5 Å². The van der Waals surface area contributed by atoms with Crippen molar-refractivity contribution >= 4 is 27.3 Å². The lowest BCUT2D eigenvalue weighted by atomic mass is 10.2. The van der Waals surface area contributed by atoms with E-state index < -0.39 is 0 Å². The van der Waals surface area contributed by atoms with Crippen molar-refractivity contribution in [1.82, 2.24) is 5.32 Å². The Bertz CT molecular complexity index is 569. The molecule has 4 heteroatoms. The van der Waals surface area contributed by atoms with Crippen LogP contribution >= 0.6 is 15.9 Å². The van der Waals surface area contributed by atoms with Gasteiger partial charge in [-0.1, -0.05) is 28.9 Å². The Morgan fingerprint density at radius 2 is 1.75 bits per heavy atom. The molecule has 0 saturated carbocycles. The summed E-state index contributed by atoms with van der Waals surface area (Å²) in [7, 11) is 1.97. The van der Waals surface area contributed by atoms with Crippen LogP contribution in [0.25, 0.3) is 0 Å². The van der Waals surface area contributed by atoms with Crippen LogP contribution in [0.2, 0.25) is 0 Å². The third-order valence-corrected chi connectivity index (χ3v) is 3.94. The normalized spacial score (nSPS) is 10.6. The molecule has 2 nitrogen and oxygen atoms in total. The Balaban J connectivity index is 2.20. The van der Waals surface area contributed by atoms with Crippen LogP contribution in [0.4, 0.5) is 15.8 Å². The fraction of sp³-hybridized carbons (Fsp3) is 0.250. The van der Waals surface area contributed by atoms with Gasteiger partial charge in [0.05, 0.1) is 0 Å². The summed E-state index contributed by atoms with van der Waals surface area (Å²) in [4.78, 5) is 2.03. The van der Waals surface area contributed by atoms with E-state index in [1.807, 2.05) is 11.9 Å². The molecule has 0 heterocycles. The Kier molecular flexibility index (Phi) is 5.15. The second kappa shape index (κ2) is 6.86. The monoisotopic (exact) mass is 336 g/mol. The minimum absolute atomic E-state index is 0.218. The first-order chi connectivity index (χ1) is 9.61.